The van der Waals surface area contributed by atoms with E-state index in [1.165, 1.54) is 15.5 Å². The van der Waals surface area contributed by atoms with Crippen LogP contribution in [0, 0.1) is 0 Å². The van der Waals surface area contributed by atoms with Gasteiger partial charge in [-0.05, 0) is 0 Å². The Hall–Kier alpha value is -3.41. The van der Waals surface area contributed by atoms with E-state index < -0.39 is 72.8 Å². The highest BCUT2D eigenvalue weighted by molar-refractivity contribution is 7.66. The molecule has 0 aromatic carbocycles. The molecule has 4 aromatic heterocycles. The Balaban J connectivity index is 1.08. The summed E-state index contributed by atoms with van der Waals surface area (Å²) in [5.74, 6) is -0.396. The van der Waals surface area contributed by atoms with Gasteiger partial charge < -0.3 is 40.7 Å². The van der Waals surface area contributed by atoms with E-state index in [0.717, 1.165) is 6.33 Å². The Morgan fingerprint density at radius 2 is 1.48 bits per heavy atom. The molecule has 3 unspecified atom stereocenters. The van der Waals surface area contributed by atoms with Gasteiger partial charge in [0.15, 0.2) is 28.6 Å². The molecule has 5 heterocycles. The molecule has 46 heavy (non-hydrogen) atoms. The van der Waals surface area contributed by atoms with E-state index in [1.807, 2.05) is 0 Å². The Bertz CT molecular complexity index is 2010. The van der Waals surface area contributed by atoms with E-state index in [2.05, 4.69) is 47.6 Å². The molecule has 0 bridgehead atoms. The number of imidazole rings is 2. The molecule has 10 N–H and O–H groups in total. The van der Waals surface area contributed by atoms with Crippen molar-refractivity contribution in [2.45, 2.75) is 31.6 Å². The van der Waals surface area contributed by atoms with Crippen molar-refractivity contribution < 1.29 is 60.6 Å². The Morgan fingerprint density at radius 1 is 0.891 bits per heavy atom. The minimum absolute atomic E-state index is 0.0175. The third kappa shape index (κ3) is 7.93. The standard InChI is InChI=1S/C18H25N10O15P3/c19-17-23-12-10(14(30)25-17)21-5-27(12)7-38-1-2-39-44(32,33)42-46(36,37)43-45(34,35)40-4-8-3-9(29)16(41-8)28-6-22-11-13(28)24-18(20)26-15(11)31/h5-6,8-9,16,29H,1-4,7H2,(H,32,33)(H,34,35)(H,36,37)(H3,19,23,25,30)(H3,20,24,26,31)/t8-,9+,16+/m0/s1. The lowest BCUT2D eigenvalue weighted by atomic mass is 10.2. The van der Waals surface area contributed by atoms with Gasteiger partial charge in [0.25, 0.3) is 11.1 Å². The molecule has 1 fully saturated rings. The van der Waals surface area contributed by atoms with E-state index in [1.54, 1.807) is 0 Å². The van der Waals surface area contributed by atoms with Crippen LogP contribution in [-0.4, -0.2) is 90.9 Å². The maximum Gasteiger partial charge on any atom is 0.490 e. The lowest BCUT2D eigenvalue weighted by molar-refractivity contribution is -0.0481. The zero-order valence-electron chi connectivity index (χ0n) is 22.9. The molecular formula is C18H25N10O15P3. The molecule has 252 valence electrons. The average Bonchev–Trinajstić information content (AvgIpc) is 3.63. The minimum atomic E-state index is -5.77. The van der Waals surface area contributed by atoms with Crippen LogP contribution in [-0.2, 0) is 47.6 Å². The van der Waals surface area contributed by atoms with E-state index in [0.29, 0.717) is 0 Å². The number of aromatic nitrogens is 8. The summed E-state index contributed by atoms with van der Waals surface area (Å²) in [6.45, 7) is -2.12. The number of hydrogen-bond acceptors (Lipinski definition) is 18. The SMILES string of the molecule is Nc1nc2c(ncn2COCCOP(=O)(O)OP(=O)(O)OP(=O)(O)OC[C@@H]2C[C@@H](O)[C@H](n3cnc4c(=O)[nH]c(N)nc43)O2)c(=O)[nH]1. The molecule has 28 heteroatoms. The zero-order valence-corrected chi connectivity index (χ0v) is 25.6. The van der Waals surface area contributed by atoms with Crippen LogP contribution in [0.15, 0.2) is 22.2 Å². The molecule has 0 aliphatic carbocycles. The lowest BCUT2D eigenvalue weighted by Gasteiger charge is -2.19. The lowest BCUT2D eigenvalue weighted by Crippen LogP contribution is -2.20. The molecule has 0 radical (unpaired) electrons. The minimum Gasteiger partial charge on any atom is -0.388 e. The van der Waals surface area contributed by atoms with Crippen LogP contribution in [0.5, 0.6) is 0 Å². The van der Waals surface area contributed by atoms with E-state index in [9.17, 15) is 43.1 Å². The van der Waals surface area contributed by atoms with E-state index in [-0.39, 0.29) is 47.4 Å². The highest BCUT2D eigenvalue weighted by Gasteiger charge is 2.43. The van der Waals surface area contributed by atoms with Crippen LogP contribution in [0.25, 0.3) is 22.3 Å². The van der Waals surface area contributed by atoms with Gasteiger partial charge in [0.05, 0.1) is 38.6 Å². The first-order valence-corrected chi connectivity index (χ1v) is 17.1. The monoisotopic (exact) mass is 714 g/mol. The van der Waals surface area contributed by atoms with E-state index >= 15 is 0 Å². The van der Waals surface area contributed by atoms with Gasteiger partial charge in [0.1, 0.15) is 12.8 Å². The number of anilines is 2. The van der Waals surface area contributed by atoms with Crippen molar-refractivity contribution in [3.05, 3.63) is 33.4 Å². The van der Waals surface area contributed by atoms with Gasteiger partial charge in [0, 0.05) is 6.42 Å². The highest BCUT2D eigenvalue weighted by atomic mass is 31.3. The molecule has 4 aromatic rings. The normalized spacial score (nSPS) is 22.6. The first kappa shape index (κ1) is 33.9. The smallest absolute Gasteiger partial charge is 0.388 e. The van der Waals surface area contributed by atoms with Crippen LogP contribution in [0.1, 0.15) is 12.6 Å². The number of fused-ring (bicyclic) bond motifs is 2. The largest absolute Gasteiger partial charge is 0.490 e. The number of nitrogens with one attached hydrogen (secondary N) is 2. The number of hydrogen-bond donors (Lipinski definition) is 8. The molecule has 0 spiro atoms. The van der Waals surface area contributed by atoms with Gasteiger partial charge in [-0.1, -0.05) is 0 Å². The van der Waals surface area contributed by atoms with Crippen molar-refractivity contribution >= 4 is 57.7 Å². The molecular weight excluding hydrogens is 689 g/mol. The second kappa shape index (κ2) is 13.0. The van der Waals surface area contributed by atoms with Crippen molar-refractivity contribution in [2.24, 2.45) is 0 Å². The Morgan fingerprint density at radius 3 is 2.15 bits per heavy atom. The fraction of sp³-hybridized carbons (Fsp3) is 0.444. The first-order valence-electron chi connectivity index (χ1n) is 12.6. The number of phosphoric ester groups is 2. The third-order valence-electron chi connectivity index (χ3n) is 5.93. The number of aliphatic hydroxyl groups is 1. The third-order valence-corrected chi connectivity index (χ3v) is 10.2. The van der Waals surface area contributed by atoms with Crippen LogP contribution in [0.2, 0.25) is 0 Å². The fourth-order valence-electron chi connectivity index (χ4n) is 4.16. The topological polar surface area (TPSA) is 367 Å². The quantitative estimate of drug-likeness (QED) is 0.0539. The zero-order chi connectivity index (χ0) is 33.4. The van der Waals surface area contributed by atoms with Gasteiger partial charge in [-0.2, -0.15) is 18.6 Å². The maximum absolute atomic E-state index is 12.3. The summed E-state index contributed by atoms with van der Waals surface area (Å²) in [5.41, 5.74) is 9.78. The van der Waals surface area contributed by atoms with Gasteiger partial charge in [-0.25, -0.2) is 23.7 Å². The van der Waals surface area contributed by atoms with Crippen molar-refractivity contribution in [1.29, 1.82) is 0 Å². The Kier molecular flexibility index (Phi) is 9.59. The number of phosphoric acid groups is 3. The summed E-state index contributed by atoms with van der Waals surface area (Å²) in [6.07, 6.45) is -1.33. The molecule has 6 atom stereocenters. The molecule has 0 amide bonds. The summed E-state index contributed by atoms with van der Waals surface area (Å²) in [4.78, 5) is 73.4. The molecule has 1 saturated heterocycles. The van der Waals surface area contributed by atoms with Crippen molar-refractivity contribution in [1.82, 2.24) is 39.0 Å². The van der Waals surface area contributed by atoms with Gasteiger partial charge in [0.2, 0.25) is 11.9 Å². The predicted octanol–water partition coefficient (Wildman–Crippen LogP) is -1.59. The summed E-state index contributed by atoms with van der Waals surface area (Å²) in [7, 11) is -16.6. The van der Waals surface area contributed by atoms with Gasteiger partial charge in [-0.3, -0.25) is 37.7 Å². The van der Waals surface area contributed by atoms with Crippen LogP contribution >= 0.6 is 23.5 Å². The second-order valence-corrected chi connectivity index (χ2v) is 13.9. The molecule has 1 aliphatic rings. The molecule has 25 nitrogen and oxygen atoms in total. The van der Waals surface area contributed by atoms with Gasteiger partial charge >= 0.3 is 23.5 Å². The number of nitrogens with zero attached hydrogens (tertiary/aromatic N) is 6. The summed E-state index contributed by atoms with van der Waals surface area (Å²) < 4.78 is 67.1. The van der Waals surface area contributed by atoms with Crippen LogP contribution < -0.4 is 22.6 Å². The average molecular weight is 714 g/mol. The molecule has 1 aliphatic heterocycles. The summed E-state index contributed by atoms with van der Waals surface area (Å²) >= 11 is 0. The summed E-state index contributed by atoms with van der Waals surface area (Å²) in [6, 6.07) is 0. The number of H-pyrrole nitrogens is 2. The number of ether oxygens (including phenoxy) is 2. The maximum atomic E-state index is 12.3. The van der Waals surface area contributed by atoms with Crippen LogP contribution in [0.4, 0.5) is 11.9 Å². The summed E-state index contributed by atoms with van der Waals surface area (Å²) in [5, 5.41) is 10.4. The highest BCUT2D eigenvalue weighted by Crippen LogP contribution is 2.67. The molecule has 5 rings (SSSR count). The van der Waals surface area contributed by atoms with Crippen LogP contribution in [0.3, 0.4) is 0 Å². The molecule has 0 saturated carbocycles. The van der Waals surface area contributed by atoms with Crippen molar-refractivity contribution in [2.75, 3.05) is 31.3 Å². The Labute approximate surface area is 253 Å². The second-order valence-electron chi connectivity index (χ2n) is 9.30. The van der Waals surface area contributed by atoms with Crippen molar-refractivity contribution in [3.63, 3.8) is 0 Å². The number of nitrogens with two attached hydrogens (primary N) is 2. The number of aliphatic hydroxyl groups excluding tert-OH is 1. The first-order chi connectivity index (χ1) is 21.5. The number of rotatable bonds is 14. The number of aromatic amines is 2. The fourth-order valence-corrected chi connectivity index (χ4v) is 7.67. The van der Waals surface area contributed by atoms with E-state index in [4.69, 9.17) is 20.9 Å². The number of nitrogen functional groups attached to an aromatic ring is 2. The van der Waals surface area contributed by atoms with Crippen molar-refractivity contribution in [3.8, 4) is 0 Å². The predicted molar refractivity (Wildman–Crippen MR) is 149 cm³/mol. The van der Waals surface area contributed by atoms with Gasteiger partial charge in [-0.15, -0.1) is 0 Å².